The molecule has 0 aliphatic rings. The van der Waals surface area contributed by atoms with Gasteiger partial charge in [0.1, 0.15) is 0 Å². The van der Waals surface area contributed by atoms with Gasteiger partial charge in [0.05, 0.1) is 0 Å². The van der Waals surface area contributed by atoms with Crippen LogP contribution in [0.3, 0.4) is 0 Å². The van der Waals surface area contributed by atoms with Crippen LogP contribution in [0.15, 0.2) is 17.0 Å². The van der Waals surface area contributed by atoms with Crippen LogP contribution in [0.2, 0.25) is 0 Å². The number of hydrogen-bond acceptors (Lipinski definition) is 2. The SMILES string of the molecule is CC(C)(C)c1cc(C(C)(C)C)c([SH2+])c(C(C)(C)C)c1.CCC(=O)[O-]. The topological polar surface area (TPSA) is 40.1 Å². The van der Waals surface area contributed by atoms with Gasteiger partial charge in [-0.05, 0) is 53.0 Å². The molecule has 0 heterocycles. The molecule has 0 aliphatic heterocycles. The predicted octanol–water partition coefficient (Wildman–Crippen LogP) is 4.10. The van der Waals surface area contributed by atoms with E-state index in [0.29, 0.717) is 0 Å². The third-order valence-electron chi connectivity index (χ3n) is 3.91. The summed E-state index contributed by atoms with van der Waals surface area (Å²) in [5.74, 6) is -0.995. The van der Waals surface area contributed by atoms with Gasteiger partial charge >= 0.3 is 0 Å². The van der Waals surface area contributed by atoms with Crippen molar-refractivity contribution in [2.75, 3.05) is 0 Å². The maximum Gasteiger partial charge on any atom is 0.157 e. The zero-order valence-electron chi connectivity index (χ0n) is 17.2. The van der Waals surface area contributed by atoms with Crippen LogP contribution in [-0.2, 0) is 33.7 Å². The van der Waals surface area contributed by atoms with Gasteiger partial charge < -0.3 is 9.90 Å². The minimum Gasteiger partial charge on any atom is -0.550 e. The molecule has 0 bridgehead atoms. The molecule has 1 aromatic rings. The maximum atomic E-state index is 9.26. The average molecular weight is 353 g/mol. The van der Waals surface area contributed by atoms with Crippen LogP contribution in [0.1, 0.15) is 92.3 Å². The first-order valence-corrected chi connectivity index (χ1v) is 9.12. The van der Waals surface area contributed by atoms with Crippen molar-refractivity contribution >= 4 is 18.6 Å². The lowest BCUT2D eigenvalue weighted by Gasteiger charge is -2.29. The van der Waals surface area contributed by atoms with Crippen molar-refractivity contribution < 1.29 is 9.90 Å². The van der Waals surface area contributed by atoms with Crippen LogP contribution in [0.5, 0.6) is 0 Å². The fourth-order valence-corrected chi connectivity index (χ4v) is 3.15. The predicted molar refractivity (Wildman–Crippen MR) is 106 cm³/mol. The second-order valence-corrected chi connectivity index (χ2v) is 9.92. The van der Waals surface area contributed by atoms with Gasteiger partial charge in [-0.25, -0.2) is 0 Å². The summed E-state index contributed by atoms with van der Waals surface area (Å²) in [6.07, 6.45) is 0.111. The number of carboxylic acid groups (broad SMARTS) is 1. The summed E-state index contributed by atoms with van der Waals surface area (Å²) in [6, 6.07) is 4.75. The number of benzene rings is 1. The van der Waals surface area contributed by atoms with E-state index < -0.39 is 5.97 Å². The Morgan fingerprint density at radius 1 is 0.875 bits per heavy atom. The second-order valence-electron chi connectivity index (χ2n) is 9.42. The third kappa shape index (κ3) is 6.88. The van der Waals surface area contributed by atoms with Crippen molar-refractivity contribution in [2.45, 2.75) is 96.8 Å². The van der Waals surface area contributed by atoms with Gasteiger partial charge in [-0.2, -0.15) is 0 Å². The van der Waals surface area contributed by atoms with E-state index in [0.717, 1.165) is 0 Å². The smallest absolute Gasteiger partial charge is 0.157 e. The van der Waals surface area contributed by atoms with Crippen molar-refractivity contribution in [3.63, 3.8) is 0 Å². The average Bonchev–Trinajstić information content (AvgIpc) is 2.35. The van der Waals surface area contributed by atoms with Crippen LogP contribution >= 0.6 is 0 Å². The fourth-order valence-electron chi connectivity index (χ4n) is 2.26. The highest BCUT2D eigenvalue weighted by atomic mass is 32.1. The van der Waals surface area contributed by atoms with Gasteiger partial charge in [-0.3, -0.25) is 0 Å². The van der Waals surface area contributed by atoms with E-state index in [9.17, 15) is 9.90 Å². The van der Waals surface area contributed by atoms with Gasteiger partial charge in [0.15, 0.2) is 4.90 Å². The Morgan fingerprint density at radius 3 is 1.33 bits per heavy atom. The molecule has 0 aromatic heterocycles. The molecule has 0 fully saturated rings. The quantitative estimate of drug-likeness (QED) is 0.714. The lowest BCUT2D eigenvalue weighted by atomic mass is 9.75. The summed E-state index contributed by atoms with van der Waals surface area (Å²) in [5.41, 5.74) is 4.71. The number of hydrogen-bond donors (Lipinski definition) is 0. The Hall–Kier alpha value is -0.960. The molecule has 0 radical (unpaired) electrons. The molecule has 0 saturated carbocycles. The summed E-state index contributed by atoms with van der Waals surface area (Å²) in [7, 11) is 0. The fraction of sp³-hybridized carbons (Fsp3) is 0.667. The third-order valence-corrected chi connectivity index (χ3v) is 4.45. The summed E-state index contributed by atoms with van der Waals surface area (Å²) >= 11 is 3.91. The molecule has 0 saturated heterocycles. The monoisotopic (exact) mass is 352 g/mol. The van der Waals surface area contributed by atoms with Crippen molar-refractivity contribution in [2.24, 2.45) is 0 Å². The number of carbonyl (C=O) groups is 1. The van der Waals surface area contributed by atoms with Crippen LogP contribution in [0, 0.1) is 0 Å². The molecule has 1 aromatic carbocycles. The lowest BCUT2D eigenvalue weighted by Crippen LogP contribution is -2.22. The molecular formula is C21H36O2S. The Bertz CT molecular complexity index is 532. The molecule has 0 amide bonds. The zero-order valence-corrected chi connectivity index (χ0v) is 18.2. The van der Waals surface area contributed by atoms with E-state index in [4.69, 9.17) is 0 Å². The van der Waals surface area contributed by atoms with E-state index in [1.807, 2.05) is 0 Å². The van der Waals surface area contributed by atoms with Gasteiger partial charge in [0, 0.05) is 17.1 Å². The second kappa shape index (κ2) is 7.95. The summed E-state index contributed by atoms with van der Waals surface area (Å²) in [6.45, 7) is 22.1. The van der Waals surface area contributed by atoms with Gasteiger partial charge in [-0.1, -0.05) is 69.2 Å². The highest BCUT2D eigenvalue weighted by molar-refractivity contribution is 7.59. The van der Waals surface area contributed by atoms with E-state index in [1.165, 1.54) is 28.5 Å². The Morgan fingerprint density at radius 2 is 1.17 bits per heavy atom. The zero-order chi connectivity index (χ0) is 19.5. The van der Waals surface area contributed by atoms with Crippen LogP contribution < -0.4 is 5.11 Å². The number of carboxylic acids is 1. The van der Waals surface area contributed by atoms with Crippen LogP contribution in [0.4, 0.5) is 0 Å². The first-order valence-electron chi connectivity index (χ1n) is 8.62. The molecule has 138 valence electrons. The molecule has 0 unspecified atom stereocenters. The van der Waals surface area contributed by atoms with Crippen molar-refractivity contribution in [3.8, 4) is 0 Å². The number of aliphatic carboxylic acids is 1. The summed E-state index contributed by atoms with van der Waals surface area (Å²) in [4.78, 5) is 10.5. The van der Waals surface area contributed by atoms with Crippen LogP contribution in [0.25, 0.3) is 0 Å². The molecule has 0 atom stereocenters. The maximum absolute atomic E-state index is 9.26. The van der Waals surface area contributed by atoms with E-state index in [1.54, 1.807) is 0 Å². The minimum atomic E-state index is -0.995. The van der Waals surface area contributed by atoms with Crippen molar-refractivity contribution in [1.29, 1.82) is 0 Å². The van der Waals surface area contributed by atoms with Crippen LogP contribution in [-0.4, -0.2) is 5.97 Å². The molecule has 2 nitrogen and oxygen atoms in total. The largest absolute Gasteiger partial charge is 0.550 e. The van der Waals surface area contributed by atoms with Gasteiger partial charge in [0.25, 0.3) is 0 Å². The number of carbonyl (C=O) groups excluding carboxylic acids is 1. The molecule has 0 aliphatic carbocycles. The summed E-state index contributed by atoms with van der Waals surface area (Å²) < 4.78 is 0. The first-order chi connectivity index (χ1) is 10.5. The molecule has 24 heavy (non-hydrogen) atoms. The van der Waals surface area contributed by atoms with Gasteiger partial charge in [-0.15, -0.1) is 0 Å². The standard InChI is InChI=1S/C18H30S.C3H6O2/c1-16(2,3)12-10-13(17(4,5)6)15(19)14(11-12)18(7,8)9;1-2-3(4)5/h10-11,19H,1-9H3;2H2,1H3,(H,4,5). The molecule has 0 N–H and O–H groups in total. The highest BCUT2D eigenvalue weighted by Gasteiger charge is 2.30. The molecular weight excluding hydrogens is 316 g/mol. The van der Waals surface area contributed by atoms with Crippen molar-refractivity contribution in [3.05, 3.63) is 28.8 Å². The lowest BCUT2D eigenvalue weighted by molar-refractivity contribution is -0.305. The number of rotatable bonds is 1. The normalized spacial score (nSPS) is 12.5. The van der Waals surface area contributed by atoms with E-state index in [2.05, 4.69) is 87.1 Å². The molecule has 3 heteroatoms. The van der Waals surface area contributed by atoms with Crippen molar-refractivity contribution in [1.82, 2.24) is 0 Å². The summed E-state index contributed by atoms with van der Waals surface area (Å²) in [5, 5.41) is 9.26. The Balaban J connectivity index is 0.000000922. The Labute approximate surface area is 154 Å². The van der Waals surface area contributed by atoms with E-state index >= 15 is 0 Å². The molecule has 1 rings (SSSR count). The molecule has 0 spiro atoms. The highest BCUT2D eigenvalue weighted by Crippen LogP contribution is 2.37. The first kappa shape index (κ1) is 23.0. The minimum absolute atomic E-state index is 0.111. The Kier molecular flexibility index (Phi) is 7.63. The van der Waals surface area contributed by atoms with E-state index in [-0.39, 0.29) is 22.7 Å². The van der Waals surface area contributed by atoms with Gasteiger partial charge in [0.2, 0.25) is 0 Å².